The summed E-state index contributed by atoms with van der Waals surface area (Å²) in [6.07, 6.45) is 9.15. The van der Waals surface area contributed by atoms with Crippen molar-refractivity contribution < 1.29 is 0 Å². The van der Waals surface area contributed by atoms with Crippen LogP contribution in [0.25, 0.3) is 12.2 Å². The molecule has 4 rings (SSSR count). The Kier molecular flexibility index (Phi) is 6.94. The third kappa shape index (κ3) is 6.16. The van der Waals surface area contributed by atoms with Crippen molar-refractivity contribution in [3.8, 4) is 0 Å². The number of piperazine rings is 1. The molecule has 3 heterocycles. The first kappa shape index (κ1) is 22.0. The van der Waals surface area contributed by atoms with E-state index >= 15 is 0 Å². The zero-order valence-electron chi connectivity index (χ0n) is 18.7. The van der Waals surface area contributed by atoms with Crippen LogP contribution in [0.3, 0.4) is 0 Å². The van der Waals surface area contributed by atoms with Gasteiger partial charge in [-0.15, -0.1) is 0 Å². The van der Waals surface area contributed by atoms with Crippen LogP contribution in [0, 0.1) is 0 Å². The molecule has 0 aliphatic carbocycles. The molecule has 0 radical (unpaired) electrons. The minimum absolute atomic E-state index is 0.306. The van der Waals surface area contributed by atoms with E-state index in [1.54, 1.807) is 13.0 Å². The molecule has 8 nitrogen and oxygen atoms in total. The number of pyridine rings is 1. The van der Waals surface area contributed by atoms with Crippen LogP contribution in [0.2, 0.25) is 0 Å². The van der Waals surface area contributed by atoms with Crippen molar-refractivity contribution in [3.63, 3.8) is 0 Å². The Morgan fingerprint density at radius 3 is 2.30 bits per heavy atom. The molecule has 2 aromatic heterocycles. The Hall–Kier alpha value is -4.20. The number of nitrogens with two attached hydrogens (primary N) is 2. The lowest BCUT2D eigenvalue weighted by molar-refractivity contribution is 0.646. The van der Waals surface area contributed by atoms with Crippen LogP contribution in [-0.2, 0) is 0 Å². The van der Waals surface area contributed by atoms with Crippen LogP contribution in [-0.4, -0.2) is 47.0 Å². The third-order valence-corrected chi connectivity index (χ3v) is 5.19. The Balaban J connectivity index is 1.59. The Labute approximate surface area is 194 Å². The van der Waals surface area contributed by atoms with E-state index in [-0.39, 0.29) is 0 Å². The normalized spacial score (nSPS) is 15.3. The van der Waals surface area contributed by atoms with Gasteiger partial charge in [-0.05, 0) is 36.8 Å². The lowest BCUT2D eigenvalue weighted by Crippen LogP contribution is -2.46. The molecule has 0 bridgehead atoms. The van der Waals surface area contributed by atoms with Crippen LogP contribution in [0.1, 0.15) is 18.3 Å². The van der Waals surface area contributed by atoms with Gasteiger partial charge in [0.2, 0.25) is 0 Å². The van der Waals surface area contributed by atoms with Crippen molar-refractivity contribution in [2.75, 3.05) is 36.0 Å². The first-order valence-electron chi connectivity index (χ1n) is 10.9. The molecule has 0 amide bonds. The molecule has 1 aliphatic heterocycles. The fourth-order valence-corrected chi connectivity index (χ4v) is 3.61. The number of nitrogens with zero attached hydrogens (tertiary/aromatic N) is 6. The van der Waals surface area contributed by atoms with Gasteiger partial charge in [0.15, 0.2) is 11.6 Å². The van der Waals surface area contributed by atoms with Gasteiger partial charge in [0, 0.05) is 56.0 Å². The lowest BCUT2D eigenvalue weighted by Gasteiger charge is -2.36. The van der Waals surface area contributed by atoms with Gasteiger partial charge in [-0.1, -0.05) is 36.4 Å². The molecule has 0 saturated carbocycles. The fraction of sp³-hybridized carbons (Fsp3) is 0.200. The molecule has 33 heavy (non-hydrogen) atoms. The van der Waals surface area contributed by atoms with Crippen LogP contribution in [0.5, 0.6) is 0 Å². The highest BCUT2D eigenvalue weighted by Crippen LogP contribution is 2.23. The zero-order chi connectivity index (χ0) is 23.0. The molecule has 3 aromatic rings. The van der Waals surface area contributed by atoms with Crippen molar-refractivity contribution in [2.24, 2.45) is 16.5 Å². The second-order valence-electron chi connectivity index (χ2n) is 7.79. The Morgan fingerprint density at radius 1 is 0.909 bits per heavy atom. The van der Waals surface area contributed by atoms with Crippen molar-refractivity contribution >= 4 is 35.3 Å². The number of hydrogen-bond acceptors (Lipinski definition) is 7. The zero-order valence-corrected chi connectivity index (χ0v) is 18.7. The average molecular weight is 441 g/mol. The number of rotatable bonds is 6. The molecule has 4 N–H and O–H groups in total. The molecule has 168 valence electrons. The smallest absolute Gasteiger partial charge is 0.160 e. The molecular weight excluding hydrogens is 412 g/mol. The van der Waals surface area contributed by atoms with E-state index in [9.17, 15) is 0 Å². The topological polar surface area (TPSA) is 110 Å². The molecule has 0 unspecified atom stereocenters. The maximum atomic E-state index is 6.02. The summed E-state index contributed by atoms with van der Waals surface area (Å²) in [4.78, 5) is 22.5. The number of benzene rings is 1. The molecule has 1 aromatic carbocycles. The third-order valence-electron chi connectivity index (χ3n) is 5.19. The van der Waals surface area contributed by atoms with E-state index in [4.69, 9.17) is 16.5 Å². The van der Waals surface area contributed by atoms with Gasteiger partial charge in [0.25, 0.3) is 0 Å². The Bertz CT molecular complexity index is 1140. The van der Waals surface area contributed by atoms with Crippen LogP contribution in [0.4, 0.5) is 17.3 Å². The first-order valence-corrected chi connectivity index (χ1v) is 10.9. The van der Waals surface area contributed by atoms with Gasteiger partial charge >= 0.3 is 0 Å². The Morgan fingerprint density at radius 2 is 1.61 bits per heavy atom. The second-order valence-corrected chi connectivity index (χ2v) is 7.79. The summed E-state index contributed by atoms with van der Waals surface area (Å²) in [7, 11) is 0. The van der Waals surface area contributed by atoms with Gasteiger partial charge in [-0.2, -0.15) is 0 Å². The predicted octanol–water partition coefficient (Wildman–Crippen LogP) is 3.22. The molecule has 1 fully saturated rings. The number of hydrogen-bond donors (Lipinski definition) is 2. The molecule has 0 spiro atoms. The van der Waals surface area contributed by atoms with E-state index in [0.29, 0.717) is 23.2 Å². The number of aliphatic imine (C=N–C) groups is 1. The molecule has 1 saturated heterocycles. The maximum absolute atomic E-state index is 6.02. The number of allylic oxidation sites excluding steroid dienone is 1. The summed E-state index contributed by atoms with van der Waals surface area (Å²) in [6, 6.07) is 16.0. The van der Waals surface area contributed by atoms with E-state index in [0.717, 1.165) is 37.6 Å². The average Bonchev–Trinajstić information content (AvgIpc) is 2.83. The van der Waals surface area contributed by atoms with E-state index in [1.807, 2.05) is 73.1 Å². The monoisotopic (exact) mass is 440 g/mol. The van der Waals surface area contributed by atoms with Crippen molar-refractivity contribution in [1.29, 1.82) is 0 Å². The minimum atomic E-state index is 0.306. The highest BCUT2D eigenvalue weighted by atomic mass is 15.3. The first-order chi connectivity index (χ1) is 16.1. The molecule has 8 heteroatoms. The predicted molar refractivity (Wildman–Crippen MR) is 135 cm³/mol. The minimum Gasteiger partial charge on any atom is -0.402 e. The SMILES string of the molecule is C/C(N)=C/C(N)=Nc1cc(N2CCN(c3ccncc3)CC2)nc(/C=C/c2ccccc2)n1. The van der Waals surface area contributed by atoms with Gasteiger partial charge in [0.1, 0.15) is 11.7 Å². The summed E-state index contributed by atoms with van der Waals surface area (Å²) >= 11 is 0. The van der Waals surface area contributed by atoms with Crippen molar-refractivity contribution in [3.05, 3.63) is 84.1 Å². The largest absolute Gasteiger partial charge is 0.402 e. The summed E-state index contributed by atoms with van der Waals surface area (Å²) in [5, 5.41) is 0. The fourth-order valence-electron chi connectivity index (χ4n) is 3.61. The maximum Gasteiger partial charge on any atom is 0.160 e. The van der Waals surface area contributed by atoms with Gasteiger partial charge in [-0.3, -0.25) is 4.98 Å². The highest BCUT2D eigenvalue weighted by Gasteiger charge is 2.19. The molecular formula is C25H28N8. The quantitative estimate of drug-likeness (QED) is 0.447. The van der Waals surface area contributed by atoms with Gasteiger partial charge in [-0.25, -0.2) is 15.0 Å². The summed E-state index contributed by atoms with van der Waals surface area (Å²) in [6.45, 7) is 5.21. The second kappa shape index (κ2) is 10.4. The summed E-state index contributed by atoms with van der Waals surface area (Å²) < 4.78 is 0. The van der Waals surface area contributed by atoms with E-state index in [1.165, 1.54) is 5.69 Å². The van der Waals surface area contributed by atoms with Gasteiger partial charge < -0.3 is 21.3 Å². The van der Waals surface area contributed by atoms with Crippen LogP contribution in [0.15, 0.2) is 77.7 Å². The highest BCUT2D eigenvalue weighted by molar-refractivity contribution is 5.93. The van der Waals surface area contributed by atoms with E-state index in [2.05, 4.69) is 24.8 Å². The van der Waals surface area contributed by atoms with Crippen LogP contribution >= 0.6 is 0 Å². The van der Waals surface area contributed by atoms with Crippen LogP contribution < -0.4 is 21.3 Å². The van der Waals surface area contributed by atoms with Gasteiger partial charge in [0.05, 0.1) is 0 Å². The number of aromatic nitrogens is 3. The number of anilines is 2. The van der Waals surface area contributed by atoms with Crippen molar-refractivity contribution in [1.82, 2.24) is 15.0 Å². The summed E-state index contributed by atoms with van der Waals surface area (Å²) in [5.74, 6) is 2.21. The standard InChI is InChI=1S/C25H28N8/c1-19(26)17-22(27)29-24-18-25(31-23(30-24)8-7-20-5-3-2-4-6-20)33-15-13-32(14-16-33)21-9-11-28-12-10-21/h2-12,17-18H,13-16,26H2,1H3,(H2,27,29,30,31)/b8-7+,19-17-. The lowest BCUT2D eigenvalue weighted by atomic mass is 10.2. The van der Waals surface area contributed by atoms with Crippen molar-refractivity contribution in [2.45, 2.75) is 6.92 Å². The molecule has 0 atom stereocenters. The number of amidine groups is 1. The molecule has 1 aliphatic rings. The summed E-state index contributed by atoms with van der Waals surface area (Å²) in [5.41, 5.74) is 14.6. The van der Waals surface area contributed by atoms with E-state index < -0.39 is 0 Å².